The van der Waals surface area contributed by atoms with Crippen LogP contribution in [0.15, 0.2) is 12.1 Å². The first-order valence-electron chi connectivity index (χ1n) is 6.69. The Hall–Kier alpha value is -1.89. The molecule has 0 fully saturated rings. The van der Waals surface area contributed by atoms with E-state index in [1.165, 1.54) is 6.07 Å². The zero-order chi connectivity index (χ0) is 15.1. The summed E-state index contributed by atoms with van der Waals surface area (Å²) in [4.78, 5) is 17.0. The van der Waals surface area contributed by atoms with E-state index in [0.29, 0.717) is 31.3 Å². The number of aromatic nitrogens is 1. The van der Waals surface area contributed by atoms with E-state index in [4.69, 9.17) is 4.74 Å². The molecule has 7 heteroatoms. The van der Waals surface area contributed by atoms with Crippen molar-refractivity contribution in [2.24, 2.45) is 0 Å². The molecule has 0 saturated carbocycles. The molecular weight excluding hydrogens is 260 g/mol. The van der Waals surface area contributed by atoms with Crippen molar-refractivity contribution in [1.29, 1.82) is 0 Å². The summed E-state index contributed by atoms with van der Waals surface area (Å²) in [6.07, 6.45) is 0. The van der Waals surface area contributed by atoms with Crippen LogP contribution in [0.2, 0.25) is 0 Å². The van der Waals surface area contributed by atoms with Gasteiger partial charge in [-0.1, -0.05) is 0 Å². The predicted molar refractivity (Wildman–Crippen MR) is 79.4 cm³/mol. The van der Waals surface area contributed by atoms with E-state index < -0.39 is 4.92 Å². The Balaban J connectivity index is 3.21. The minimum absolute atomic E-state index is 0.00748. The van der Waals surface area contributed by atoms with Crippen LogP contribution in [0.1, 0.15) is 20.8 Å². The van der Waals surface area contributed by atoms with E-state index >= 15 is 0 Å². The molecule has 1 N–H and O–H groups in total. The summed E-state index contributed by atoms with van der Waals surface area (Å²) in [7, 11) is 1.61. The monoisotopic (exact) mass is 282 g/mol. The maximum absolute atomic E-state index is 11.2. The van der Waals surface area contributed by atoms with Crippen molar-refractivity contribution < 1.29 is 9.66 Å². The predicted octanol–water partition coefficient (Wildman–Crippen LogP) is 2.28. The molecule has 0 aliphatic heterocycles. The standard InChI is InChI=1S/C13H22N4O3/c1-5-14-12-8-7-11(17(18)19)13(15-12)16(6-2)10(3)9-20-4/h7-8,10H,5-6,9H2,1-4H3,(H,14,15). The summed E-state index contributed by atoms with van der Waals surface area (Å²) in [6.45, 7) is 7.67. The number of hydrogen-bond donors (Lipinski definition) is 1. The number of pyridine rings is 1. The highest BCUT2D eigenvalue weighted by molar-refractivity contribution is 5.62. The van der Waals surface area contributed by atoms with Gasteiger partial charge in [0.25, 0.3) is 0 Å². The first-order chi connectivity index (χ1) is 9.54. The summed E-state index contributed by atoms with van der Waals surface area (Å²) in [5.41, 5.74) is 0.0106. The SMILES string of the molecule is CCNc1ccc([N+](=O)[O-])c(N(CC)C(C)COC)n1. The quantitative estimate of drug-likeness (QED) is 0.582. The lowest BCUT2D eigenvalue weighted by molar-refractivity contribution is -0.384. The largest absolute Gasteiger partial charge is 0.383 e. The molecule has 0 radical (unpaired) electrons. The van der Waals surface area contributed by atoms with Gasteiger partial charge in [0.1, 0.15) is 5.82 Å². The molecule has 0 amide bonds. The first kappa shape index (κ1) is 16.2. The second kappa shape index (κ2) is 7.64. The fourth-order valence-corrected chi connectivity index (χ4v) is 2.08. The van der Waals surface area contributed by atoms with Crippen molar-refractivity contribution in [2.45, 2.75) is 26.8 Å². The Bertz CT molecular complexity index is 453. The Morgan fingerprint density at radius 3 is 2.70 bits per heavy atom. The number of nitro groups is 1. The van der Waals surface area contributed by atoms with Crippen LogP contribution in [0.4, 0.5) is 17.3 Å². The van der Waals surface area contributed by atoms with Crippen molar-refractivity contribution in [1.82, 2.24) is 4.98 Å². The van der Waals surface area contributed by atoms with Gasteiger partial charge in [-0.15, -0.1) is 0 Å². The third-order valence-electron chi connectivity index (χ3n) is 2.96. The van der Waals surface area contributed by atoms with Crippen LogP contribution in [0.25, 0.3) is 0 Å². The van der Waals surface area contributed by atoms with Crippen LogP contribution in [0.3, 0.4) is 0 Å². The summed E-state index contributed by atoms with van der Waals surface area (Å²) in [5, 5.41) is 14.3. The minimum Gasteiger partial charge on any atom is -0.383 e. The second-order valence-corrected chi connectivity index (χ2v) is 4.42. The number of methoxy groups -OCH3 is 1. The summed E-state index contributed by atoms with van der Waals surface area (Å²) in [5.74, 6) is 1.01. The molecule has 0 saturated heterocycles. The van der Waals surface area contributed by atoms with Crippen LogP contribution in [0.5, 0.6) is 0 Å². The van der Waals surface area contributed by atoms with Gasteiger partial charge < -0.3 is 15.0 Å². The smallest absolute Gasteiger partial charge is 0.311 e. The Kier molecular flexibility index (Phi) is 6.17. The summed E-state index contributed by atoms with van der Waals surface area (Å²) in [6, 6.07) is 3.12. The van der Waals surface area contributed by atoms with Crippen LogP contribution in [0, 0.1) is 10.1 Å². The van der Waals surface area contributed by atoms with Gasteiger partial charge in [-0.05, 0) is 26.8 Å². The van der Waals surface area contributed by atoms with E-state index in [1.54, 1.807) is 13.2 Å². The van der Waals surface area contributed by atoms with E-state index in [0.717, 1.165) is 0 Å². The lowest BCUT2D eigenvalue weighted by Gasteiger charge is -2.28. The summed E-state index contributed by atoms with van der Waals surface area (Å²) < 4.78 is 5.13. The molecule has 0 aromatic carbocycles. The highest BCUT2D eigenvalue weighted by Crippen LogP contribution is 2.29. The highest BCUT2D eigenvalue weighted by Gasteiger charge is 2.24. The van der Waals surface area contributed by atoms with Gasteiger partial charge >= 0.3 is 5.69 Å². The zero-order valence-corrected chi connectivity index (χ0v) is 12.4. The maximum atomic E-state index is 11.2. The lowest BCUT2D eigenvalue weighted by Crippen LogP contribution is -2.37. The van der Waals surface area contributed by atoms with E-state index in [9.17, 15) is 10.1 Å². The Morgan fingerprint density at radius 2 is 2.20 bits per heavy atom. The third kappa shape index (κ3) is 3.80. The van der Waals surface area contributed by atoms with Crippen molar-refractivity contribution >= 4 is 17.3 Å². The molecule has 0 aliphatic rings. The molecule has 0 spiro atoms. The molecular formula is C13H22N4O3. The van der Waals surface area contributed by atoms with Crippen LogP contribution >= 0.6 is 0 Å². The average Bonchev–Trinajstić information content (AvgIpc) is 2.40. The topological polar surface area (TPSA) is 80.5 Å². The number of ether oxygens (including phenoxy) is 1. The zero-order valence-electron chi connectivity index (χ0n) is 12.4. The minimum atomic E-state index is -0.403. The first-order valence-corrected chi connectivity index (χ1v) is 6.69. The molecule has 20 heavy (non-hydrogen) atoms. The third-order valence-corrected chi connectivity index (χ3v) is 2.96. The number of hydrogen-bond acceptors (Lipinski definition) is 6. The van der Waals surface area contributed by atoms with Gasteiger partial charge in [0, 0.05) is 26.3 Å². The average molecular weight is 282 g/mol. The van der Waals surface area contributed by atoms with Gasteiger partial charge in [0.2, 0.25) is 5.82 Å². The van der Waals surface area contributed by atoms with E-state index in [-0.39, 0.29) is 11.7 Å². The van der Waals surface area contributed by atoms with Gasteiger partial charge in [0.05, 0.1) is 17.6 Å². The lowest BCUT2D eigenvalue weighted by atomic mass is 10.2. The molecule has 1 rings (SSSR count). The van der Waals surface area contributed by atoms with Gasteiger partial charge in [-0.3, -0.25) is 10.1 Å². The number of likely N-dealkylation sites (N-methyl/N-ethyl adjacent to an activating group) is 1. The van der Waals surface area contributed by atoms with Crippen molar-refractivity contribution in [3.05, 3.63) is 22.2 Å². The van der Waals surface area contributed by atoms with Gasteiger partial charge in [-0.2, -0.15) is 0 Å². The van der Waals surface area contributed by atoms with Crippen molar-refractivity contribution in [3.8, 4) is 0 Å². The Labute approximate surface area is 119 Å². The number of anilines is 2. The molecule has 1 aromatic heterocycles. The van der Waals surface area contributed by atoms with E-state index in [1.807, 2.05) is 25.7 Å². The Morgan fingerprint density at radius 1 is 1.50 bits per heavy atom. The normalized spacial score (nSPS) is 12.0. The molecule has 1 unspecified atom stereocenters. The summed E-state index contributed by atoms with van der Waals surface area (Å²) >= 11 is 0. The van der Waals surface area contributed by atoms with Crippen molar-refractivity contribution in [2.75, 3.05) is 37.0 Å². The second-order valence-electron chi connectivity index (χ2n) is 4.42. The fourth-order valence-electron chi connectivity index (χ4n) is 2.08. The number of rotatable bonds is 8. The maximum Gasteiger partial charge on any atom is 0.311 e. The van der Waals surface area contributed by atoms with Crippen LogP contribution in [-0.2, 0) is 4.74 Å². The van der Waals surface area contributed by atoms with Crippen LogP contribution in [-0.4, -0.2) is 42.8 Å². The van der Waals surface area contributed by atoms with Gasteiger partial charge in [-0.25, -0.2) is 4.98 Å². The van der Waals surface area contributed by atoms with Gasteiger partial charge in [0.15, 0.2) is 0 Å². The number of nitrogens with zero attached hydrogens (tertiary/aromatic N) is 3. The highest BCUT2D eigenvalue weighted by atomic mass is 16.6. The van der Waals surface area contributed by atoms with Crippen LogP contribution < -0.4 is 10.2 Å². The van der Waals surface area contributed by atoms with Crippen molar-refractivity contribution in [3.63, 3.8) is 0 Å². The van der Waals surface area contributed by atoms with E-state index in [2.05, 4.69) is 10.3 Å². The molecule has 1 aromatic rings. The molecule has 112 valence electrons. The number of nitrogens with one attached hydrogen (secondary N) is 1. The molecule has 1 atom stereocenters. The fraction of sp³-hybridized carbons (Fsp3) is 0.615. The molecule has 1 heterocycles. The molecule has 0 bridgehead atoms. The molecule has 7 nitrogen and oxygen atoms in total. The molecule has 0 aliphatic carbocycles.